The summed E-state index contributed by atoms with van der Waals surface area (Å²) >= 11 is 3.90. The number of aliphatic hydroxyl groups excluding tert-OH is 2. The van der Waals surface area contributed by atoms with E-state index in [-0.39, 0.29) is 12.0 Å². The molecule has 0 saturated heterocycles. The summed E-state index contributed by atoms with van der Waals surface area (Å²) < 4.78 is 0. The molecule has 0 aliphatic rings. The molecule has 0 bridgehead atoms. The standard InChI is InChI=1S/C9H12N2O5S/c12-7(1-2-17)8(13)5-3-6(11(15)16)9(14)10-4-5/h3-4,7-8,12-13,17H,1-2H2,(H,10,14). The summed E-state index contributed by atoms with van der Waals surface area (Å²) in [5.41, 5.74) is -1.43. The highest BCUT2D eigenvalue weighted by atomic mass is 32.1. The Labute approximate surface area is 102 Å². The van der Waals surface area contributed by atoms with Crippen molar-refractivity contribution in [2.24, 2.45) is 0 Å². The molecule has 1 rings (SSSR count). The number of aromatic nitrogens is 1. The van der Waals surface area contributed by atoms with Crippen LogP contribution in [0.1, 0.15) is 18.1 Å². The zero-order chi connectivity index (χ0) is 13.0. The van der Waals surface area contributed by atoms with Gasteiger partial charge in [-0.3, -0.25) is 14.9 Å². The van der Waals surface area contributed by atoms with E-state index in [9.17, 15) is 25.1 Å². The molecule has 1 aromatic rings. The van der Waals surface area contributed by atoms with Crippen LogP contribution in [0.4, 0.5) is 5.69 Å². The van der Waals surface area contributed by atoms with Crippen molar-refractivity contribution in [3.63, 3.8) is 0 Å². The minimum atomic E-state index is -1.29. The Balaban J connectivity index is 3.03. The van der Waals surface area contributed by atoms with Crippen LogP contribution in [0.15, 0.2) is 17.1 Å². The maximum atomic E-state index is 11.1. The molecule has 0 amide bonds. The minimum Gasteiger partial charge on any atom is -0.390 e. The third-order valence-corrected chi connectivity index (χ3v) is 2.49. The van der Waals surface area contributed by atoms with E-state index in [4.69, 9.17) is 0 Å². The number of nitro groups is 1. The summed E-state index contributed by atoms with van der Waals surface area (Å²) in [5, 5.41) is 29.7. The number of aliphatic hydroxyl groups is 2. The summed E-state index contributed by atoms with van der Waals surface area (Å²) in [6.07, 6.45) is -1.01. The van der Waals surface area contributed by atoms with E-state index < -0.39 is 28.4 Å². The summed E-state index contributed by atoms with van der Waals surface area (Å²) in [6.45, 7) is 0. The maximum absolute atomic E-state index is 11.1. The lowest BCUT2D eigenvalue weighted by Gasteiger charge is -2.16. The normalized spacial score (nSPS) is 14.3. The highest BCUT2D eigenvalue weighted by molar-refractivity contribution is 7.80. The zero-order valence-electron chi connectivity index (χ0n) is 8.74. The highest BCUT2D eigenvalue weighted by Gasteiger charge is 2.21. The van der Waals surface area contributed by atoms with Gasteiger partial charge in [-0.05, 0) is 12.2 Å². The van der Waals surface area contributed by atoms with Crippen molar-refractivity contribution < 1.29 is 15.1 Å². The topological polar surface area (TPSA) is 116 Å². The van der Waals surface area contributed by atoms with Gasteiger partial charge in [-0.25, -0.2) is 0 Å². The van der Waals surface area contributed by atoms with Gasteiger partial charge in [0.1, 0.15) is 6.10 Å². The molecule has 0 saturated carbocycles. The lowest BCUT2D eigenvalue weighted by molar-refractivity contribution is -0.386. The Morgan fingerprint density at radius 1 is 1.53 bits per heavy atom. The predicted molar refractivity (Wildman–Crippen MR) is 63.2 cm³/mol. The van der Waals surface area contributed by atoms with Crippen molar-refractivity contribution in [3.05, 3.63) is 38.3 Å². The van der Waals surface area contributed by atoms with Crippen LogP contribution in [0.2, 0.25) is 0 Å². The van der Waals surface area contributed by atoms with Gasteiger partial charge in [0.05, 0.1) is 11.0 Å². The molecule has 0 spiro atoms. The van der Waals surface area contributed by atoms with Gasteiger partial charge in [0.15, 0.2) is 0 Å². The first kappa shape index (κ1) is 13.7. The quantitative estimate of drug-likeness (QED) is 0.338. The average Bonchev–Trinajstić information content (AvgIpc) is 2.28. The van der Waals surface area contributed by atoms with Crippen molar-refractivity contribution in [2.75, 3.05) is 5.75 Å². The Morgan fingerprint density at radius 2 is 2.18 bits per heavy atom. The van der Waals surface area contributed by atoms with Crippen molar-refractivity contribution in [2.45, 2.75) is 18.6 Å². The Kier molecular flexibility index (Phi) is 4.67. The molecule has 1 heterocycles. The van der Waals surface area contributed by atoms with Crippen molar-refractivity contribution >= 4 is 18.3 Å². The number of rotatable bonds is 5. The van der Waals surface area contributed by atoms with Crippen LogP contribution in [-0.4, -0.2) is 32.0 Å². The smallest absolute Gasteiger partial charge is 0.334 e. The average molecular weight is 260 g/mol. The predicted octanol–water partition coefficient (Wildman–Crippen LogP) is -0.00270. The SMILES string of the molecule is O=c1[nH]cc(C(O)C(O)CCS)cc1[N+](=O)[O-]. The van der Waals surface area contributed by atoms with Gasteiger partial charge in [-0.2, -0.15) is 12.6 Å². The number of nitrogens with zero attached hydrogens (tertiary/aromatic N) is 1. The fourth-order valence-electron chi connectivity index (χ4n) is 1.31. The van der Waals surface area contributed by atoms with Crippen LogP contribution in [0.3, 0.4) is 0 Å². The highest BCUT2D eigenvalue weighted by Crippen LogP contribution is 2.20. The number of aromatic amines is 1. The molecular formula is C9H12N2O5S. The van der Waals surface area contributed by atoms with Crippen LogP contribution >= 0.6 is 12.6 Å². The van der Waals surface area contributed by atoms with Gasteiger partial charge in [0.25, 0.3) is 0 Å². The largest absolute Gasteiger partial charge is 0.390 e. The van der Waals surface area contributed by atoms with Crippen molar-refractivity contribution in [3.8, 4) is 0 Å². The molecular weight excluding hydrogens is 248 g/mol. The molecule has 0 aliphatic heterocycles. The summed E-state index contributed by atoms with van der Waals surface area (Å²) in [7, 11) is 0. The first-order valence-corrected chi connectivity index (χ1v) is 5.44. The second kappa shape index (κ2) is 5.80. The molecule has 8 heteroatoms. The third-order valence-electron chi connectivity index (χ3n) is 2.23. The Morgan fingerprint density at radius 3 is 2.71 bits per heavy atom. The fourth-order valence-corrected chi connectivity index (χ4v) is 1.57. The van der Waals surface area contributed by atoms with Gasteiger partial charge in [0, 0.05) is 17.8 Å². The summed E-state index contributed by atoms with van der Waals surface area (Å²) in [5.74, 6) is 0.365. The number of hydrogen-bond donors (Lipinski definition) is 4. The first-order valence-electron chi connectivity index (χ1n) is 4.81. The molecule has 94 valence electrons. The molecule has 0 aliphatic carbocycles. The number of pyridine rings is 1. The zero-order valence-corrected chi connectivity index (χ0v) is 9.63. The van der Waals surface area contributed by atoms with Crippen LogP contribution in [0.5, 0.6) is 0 Å². The Bertz CT molecular complexity index is 461. The van der Waals surface area contributed by atoms with Gasteiger partial charge >= 0.3 is 11.2 Å². The molecule has 17 heavy (non-hydrogen) atoms. The van der Waals surface area contributed by atoms with Gasteiger partial charge < -0.3 is 15.2 Å². The molecule has 1 aromatic heterocycles. The monoisotopic (exact) mass is 260 g/mol. The van der Waals surface area contributed by atoms with E-state index in [0.717, 1.165) is 12.3 Å². The van der Waals surface area contributed by atoms with E-state index in [1.54, 1.807) is 0 Å². The lowest BCUT2D eigenvalue weighted by Crippen LogP contribution is -2.21. The van der Waals surface area contributed by atoms with E-state index in [1.165, 1.54) is 0 Å². The van der Waals surface area contributed by atoms with Gasteiger partial charge in [-0.1, -0.05) is 0 Å². The van der Waals surface area contributed by atoms with E-state index in [0.29, 0.717) is 5.75 Å². The van der Waals surface area contributed by atoms with Crippen LogP contribution in [0, 0.1) is 10.1 Å². The molecule has 0 fully saturated rings. The van der Waals surface area contributed by atoms with E-state index in [1.807, 2.05) is 0 Å². The summed E-state index contributed by atoms with van der Waals surface area (Å²) in [6, 6.07) is 0.950. The van der Waals surface area contributed by atoms with Gasteiger partial charge in [-0.15, -0.1) is 0 Å². The summed E-state index contributed by atoms with van der Waals surface area (Å²) in [4.78, 5) is 22.9. The number of nitrogens with one attached hydrogen (secondary N) is 1. The van der Waals surface area contributed by atoms with Crippen molar-refractivity contribution in [1.29, 1.82) is 0 Å². The van der Waals surface area contributed by atoms with Crippen LogP contribution < -0.4 is 5.56 Å². The molecule has 0 radical (unpaired) electrons. The molecule has 2 atom stereocenters. The Hall–Kier alpha value is -1.38. The number of H-pyrrole nitrogens is 1. The van der Waals surface area contributed by atoms with E-state index in [2.05, 4.69) is 17.6 Å². The van der Waals surface area contributed by atoms with Gasteiger partial charge in [0.2, 0.25) is 0 Å². The maximum Gasteiger partial charge on any atom is 0.334 e. The molecule has 0 aromatic carbocycles. The van der Waals surface area contributed by atoms with Crippen molar-refractivity contribution in [1.82, 2.24) is 4.98 Å². The molecule has 7 nitrogen and oxygen atoms in total. The molecule has 3 N–H and O–H groups in total. The lowest BCUT2D eigenvalue weighted by atomic mass is 10.0. The fraction of sp³-hybridized carbons (Fsp3) is 0.444. The molecule has 2 unspecified atom stereocenters. The second-order valence-electron chi connectivity index (χ2n) is 3.43. The first-order chi connectivity index (χ1) is 7.97. The van der Waals surface area contributed by atoms with Crippen LogP contribution in [0.25, 0.3) is 0 Å². The number of thiol groups is 1. The third kappa shape index (κ3) is 3.29. The van der Waals surface area contributed by atoms with E-state index >= 15 is 0 Å². The minimum absolute atomic E-state index is 0.0885. The van der Waals surface area contributed by atoms with Crippen LogP contribution in [-0.2, 0) is 0 Å². The second-order valence-corrected chi connectivity index (χ2v) is 3.88. The number of hydrogen-bond acceptors (Lipinski definition) is 6.